The van der Waals surface area contributed by atoms with Crippen LogP contribution in [0, 0.1) is 5.82 Å². The Kier molecular flexibility index (Phi) is 4.69. The van der Waals surface area contributed by atoms with Crippen LogP contribution in [0.4, 0.5) is 4.39 Å². The zero-order valence-corrected chi connectivity index (χ0v) is 12.1. The van der Waals surface area contributed by atoms with Crippen molar-refractivity contribution in [1.29, 1.82) is 0 Å². The average molecular weight is 313 g/mol. The molecule has 0 radical (unpaired) electrons. The van der Waals surface area contributed by atoms with E-state index in [-0.39, 0.29) is 12.5 Å². The van der Waals surface area contributed by atoms with Gasteiger partial charge in [-0.05, 0) is 30.5 Å². The normalized spacial score (nSPS) is 19.9. The first-order valence-electron chi connectivity index (χ1n) is 6.45. The average Bonchev–Trinajstić information content (AvgIpc) is 2.44. The Morgan fingerprint density at radius 1 is 1.48 bits per heavy atom. The Bertz CT molecular complexity index is 660. The SMILES string of the molecule is NS(=O)(=O)C1CCCN(C(=O)/C=C/c2cncc(F)c2)C1. The zero-order chi connectivity index (χ0) is 15.5. The fraction of sp³-hybridized carbons (Fsp3) is 0.385. The van der Waals surface area contributed by atoms with Gasteiger partial charge >= 0.3 is 0 Å². The number of rotatable bonds is 3. The van der Waals surface area contributed by atoms with Crippen LogP contribution in [0.1, 0.15) is 18.4 Å². The quantitative estimate of drug-likeness (QED) is 0.823. The molecule has 1 amide bonds. The summed E-state index contributed by atoms with van der Waals surface area (Å²) in [7, 11) is -3.64. The molecule has 2 N–H and O–H groups in total. The van der Waals surface area contributed by atoms with E-state index in [1.54, 1.807) is 0 Å². The molecule has 1 aliphatic heterocycles. The summed E-state index contributed by atoms with van der Waals surface area (Å²) in [5.74, 6) is -0.815. The molecule has 0 aromatic carbocycles. The van der Waals surface area contributed by atoms with E-state index in [0.29, 0.717) is 24.9 Å². The number of pyridine rings is 1. The van der Waals surface area contributed by atoms with Gasteiger partial charge in [0.25, 0.3) is 0 Å². The summed E-state index contributed by atoms with van der Waals surface area (Å²) < 4.78 is 35.6. The molecule has 1 fully saturated rings. The number of nitrogens with two attached hydrogens (primary N) is 1. The number of carbonyl (C=O) groups excluding carboxylic acids is 1. The maximum Gasteiger partial charge on any atom is 0.246 e. The van der Waals surface area contributed by atoms with Gasteiger partial charge in [-0.15, -0.1) is 0 Å². The predicted octanol–water partition coefficient (Wildman–Crippen LogP) is 0.513. The zero-order valence-electron chi connectivity index (χ0n) is 11.3. The molecule has 0 bridgehead atoms. The molecule has 1 saturated heterocycles. The van der Waals surface area contributed by atoms with Crippen LogP contribution in [0.5, 0.6) is 0 Å². The molecular formula is C13H16FN3O3S. The fourth-order valence-corrected chi connectivity index (χ4v) is 3.08. The highest BCUT2D eigenvalue weighted by atomic mass is 32.2. The van der Waals surface area contributed by atoms with E-state index in [1.807, 2.05) is 0 Å². The number of halogens is 1. The number of amides is 1. The Morgan fingerprint density at radius 3 is 2.90 bits per heavy atom. The van der Waals surface area contributed by atoms with Crippen LogP contribution in [-0.4, -0.2) is 42.5 Å². The van der Waals surface area contributed by atoms with Crippen molar-refractivity contribution in [3.8, 4) is 0 Å². The molecule has 8 heteroatoms. The summed E-state index contributed by atoms with van der Waals surface area (Å²) in [6, 6.07) is 1.25. The highest BCUT2D eigenvalue weighted by molar-refractivity contribution is 7.89. The molecular weight excluding hydrogens is 297 g/mol. The molecule has 1 aliphatic rings. The van der Waals surface area contributed by atoms with Crippen molar-refractivity contribution >= 4 is 22.0 Å². The van der Waals surface area contributed by atoms with Crippen LogP contribution >= 0.6 is 0 Å². The summed E-state index contributed by atoms with van der Waals surface area (Å²) in [6.07, 6.45) is 6.26. The highest BCUT2D eigenvalue weighted by Crippen LogP contribution is 2.16. The first-order valence-corrected chi connectivity index (χ1v) is 8.06. The van der Waals surface area contributed by atoms with E-state index in [0.717, 1.165) is 6.20 Å². The number of sulfonamides is 1. The third-order valence-corrected chi connectivity index (χ3v) is 4.61. The van der Waals surface area contributed by atoms with Crippen molar-refractivity contribution in [2.24, 2.45) is 5.14 Å². The number of hydrogen-bond acceptors (Lipinski definition) is 4. The van der Waals surface area contributed by atoms with Crippen LogP contribution in [-0.2, 0) is 14.8 Å². The van der Waals surface area contributed by atoms with Crippen LogP contribution in [0.25, 0.3) is 6.08 Å². The Morgan fingerprint density at radius 2 is 2.24 bits per heavy atom. The molecule has 0 spiro atoms. The van der Waals surface area contributed by atoms with Crippen molar-refractivity contribution < 1.29 is 17.6 Å². The van der Waals surface area contributed by atoms with Crippen molar-refractivity contribution in [3.63, 3.8) is 0 Å². The van der Waals surface area contributed by atoms with Gasteiger partial charge in [-0.3, -0.25) is 9.78 Å². The largest absolute Gasteiger partial charge is 0.338 e. The summed E-state index contributed by atoms with van der Waals surface area (Å²) in [4.78, 5) is 17.1. The molecule has 2 heterocycles. The van der Waals surface area contributed by atoms with Gasteiger partial charge in [-0.1, -0.05) is 0 Å². The van der Waals surface area contributed by atoms with E-state index in [1.165, 1.54) is 29.3 Å². The second-order valence-corrected chi connectivity index (χ2v) is 6.75. The van der Waals surface area contributed by atoms with Crippen LogP contribution < -0.4 is 5.14 Å². The van der Waals surface area contributed by atoms with E-state index in [2.05, 4.69) is 4.98 Å². The lowest BCUT2D eigenvalue weighted by molar-refractivity contribution is -0.126. The Labute approximate surface area is 122 Å². The van der Waals surface area contributed by atoms with Gasteiger partial charge in [0.1, 0.15) is 5.82 Å². The van der Waals surface area contributed by atoms with Gasteiger partial charge < -0.3 is 4.90 Å². The Hall–Kier alpha value is -1.80. The first kappa shape index (κ1) is 15.6. The Balaban J connectivity index is 2.03. The van der Waals surface area contributed by atoms with Crippen molar-refractivity contribution in [3.05, 3.63) is 35.9 Å². The van der Waals surface area contributed by atoms with E-state index < -0.39 is 21.1 Å². The molecule has 2 rings (SSSR count). The van der Waals surface area contributed by atoms with Gasteiger partial charge in [0, 0.05) is 25.4 Å². The van der Waals surface area contributed by atoms with E-state index >= 15 is 0 Å². The molecule has 1 atom stereocenters. The minimum atomic E-state index is -3.64. The lowest BCUT2D eigenvalue weighted by atomic mass is 10.1. The number of nitrogens with zero attached hydrogens (tertiary/aromatic N) is 2. The molecule has 6 nitrogen and oxygen atoms in total. The first-order chi connectivity index (χ1) is 9.86. The van der Waals surface area contributed by atoms with Gasteiger partial charge in [0.2, 0.25) is 15.9 Å². The summed E-state index contributed by atoms with van der Waals surface area (Å²) in [6.45, 7) is 0.569. The van der Waals surface area contributed by atoms with Crippen LogP contribution in [0.15, 0.2) is 24.5 Å². The van der Waals surface area contributed by atoms with E-state index in [4.69, 9.17) is 5.14 Å². The molecule has 114 valence electrons. The maximum absolute atomic E-state index is 13.0. The number of hydrogen-bond donors (Lipinski definition) is 1. The highest BCUT2D eigenvalue weighted by Gasteiger charge is 2.29. The maximum atomic E-state index is 13.0. The molecule has 21 heavy (non-hydrogen) atoms. The van der Waals surface area contributed by atoms with Crippen LogP contribution in [0.2, 0.25) is 0 Å². The molecule has 1 unspecified atom stereocenters. The van der Waals surface area contributed by atoms with Gasteiger partial charge in [0.05, 0.1) is 11.4 Å². The lowest BCUT2D eigenvalue weighted by Gasteiger charge is -2.30. The predicted molar refractivity (Wildman–Crippen MR) is 75.9 cm³/mol. The van der Waals surface area contributed by atoms with Crippen molar-refractivity contribution in [1.82, 2.24) is 9.88 Å². The second-order valence-electron chi connectivity index (χ2n) is 4.91. The number of piperidine rings is 1. The summed E-state index contributed by atoms with van der Waals surface area (Å²) in [5.41, 5.74) is 0.461. The topological polar surface area (TPSA) is 93.4 Å². The smallest absolute Gasteiger partial charge is 0.246 e. The van der Waals surface area contributed by atoms with Gasteiger partial charge in [0.15, 0.2) is 0 Å². The van der Waals surface area contributed by atoms with Gasteiger partial charge in [-0.2, -0.15) is 0 Å². The van der Waals surface area contributed by atoms with Crippen molar-refractivity contribution in [2.75, 3.05) is 13.1 Å². The third-order valence-electron chi connectivity index (χ3n) is 3.30. The number of aromatic nitrogens is 1. The van der Waals surface area contributed by atoms with Crippen LogP contribution in [0.3, 0.4) is 0 Å². The monoisotopic (exact) mass is 313 g/mol. The number of primary sulfonamides is 1. The summed E-state index contributed by atoms with van der Waals surface area (Å²) >= 11 is 0. The van der Waals surface area contributed by atoms with Gasteiger partial charge in [-0.25, -0.2) is 17.9 Å². The third kappa shape index (κ3) is 4.33. The second kappa shape index (κ2) is 6.31. The summed E-state index contributed by atoms with van der Waals surface area (Å²) in [5, 5.41) is 4.40. The molecule has 0 saturated carbocycles. The molecule has 1 aromatic heterocycles. The standard InChI is InChI=1S/C13H16FN3O3S/c14-11-6-10(7-16-8-11)3-4-13(18)17-5-1-2-12(9-17)21(15,19)20/h3-4,6-8,12H,1-2,5,9H2,(H2,15,19,20)/b4-3+. The minimum absolute atomic E-state index is 0.0867. The minimum Gasteiger partial charge on any atom is -0.338 e. The molecule has 0 aliphatic carbocycles. The fourth-order valence-electron chi connectivity index (χ4n) is 2.20. The number of carbonyl (C=O) groups is 1. The lowest BCUT2D eigenvalue weighted by Crippen LogP contribution is -2.46. The van der Waals surface area contributed by atoms with E-state index in [9.17, 15) is 17.6 Å². The molecule has 1 aromatic rings. The van der Waals surface area contributed by atoms with Crippen molar-refractivity contribution in [2.45, 2.75) is 18.1 Å². The number of likely N-dealkylation sites (tertiary alicyclic amines) is 1.